The number of fused-ring (bicyclic) bond motifs is 1. The molecule has 0 saturated carbocycles. The topological polar surface area (TPSA) is 129 Å². The van der Waals surface area contributed by atoms with Crippen LogP contribution in [0.3, 0.4) is 0 Å². The summed E-state index contributed by atoms with van der Waals surface area (Å²) in [4.78, 5) is 24.1. The maximum Gasteiger partial charge on any atom is 0.262 e. The van der Waals surface area contributed by atoms with Crippen molar-refractivity contribution in [3.63, 3.8) is 0 Å². The number of sulfone groups is 1. The number of rotatable bonds is 8. The van der Waals surface area contributed by atoms with E-state index in [1.54, 1.807) is 12.1 Å². The van der Waals surface area contributed by atoms with E-state index < -0.39 is 21.0 Å². The maximum atomic E-state index is 13.0. The van der Waals surface area contributed by atoms with E-state index in [9.17, 15) is 18.0 Å². The lowest BCUT2D eigenvalue weighted by molar-refractivity contribution is -0.118. The van der Waals surface area contributed by atoms with E-state index in [0.29, 0.717) is 28.7 Å². The molecule has 0 radical (unpaired) electrons. The van der Waals surface area contributed by atoms with Gasteiger partial charge in [0.05, 0.1) is 37.2 Å². The molecule has 0 spiro atoms. The second kappa shape index (κ2) is 9.35. The third kappa shape index (κ3) is 4.72. The normalized spacial score (nSPS) is 13.8. The molecule has 0 saturated heterocycles. The molecule has 11 heteroatoms. The van der Waals surface area contributed by atoms with Crippen molar-refractivity contribution in [1.82, 2.24) is 0 Å². The Morgan fingerprint density at radius 3 is 2.38 bits per heavy atom. The van der Waals surface area contributed by atoms with E-state index in [2.05, 4.69) is 10.6 Å². The van der Waals surface area contributed by atoms with Gasteiger partial charge in [0.1, 0.15) is 5.75 Å². The van der Waals surface area contributed by atoms with Crippen LogP contribution in [0.4, 0.5) is 11.4 Å². The van der Waals surface area contributed by atoms with Crippen LogP contribution in [0.2, 0.25) is 0 Å². The lowest BCUT2D eigenvalue weighted by Crippen LogP contribution is -2.27. The van der Waals surface area contributed by atoms with E-state index in [0.717, 1.165) is 0 Å². The monoisotopic (exact) mass is 464 g/mol. The zero-order chi connectivity index (χ0) is 23.5. The molecule has 0 unspecified atom stereocenters. The summed E-state index contributed by atoms with van der Waals surface area (Å²) in [7, 11) is 0.507. The van der Waals surface area contributed by atoms with Crippen molar-refractivity contribution in [2.24, 2.45) is 0 Å². The molecule has 1 aliphatic heterocycles. The molecule has 10 nitrogen and oxygen atoms in total. The van der Waals surface area contributed by atoms with Gasteiger partial charge in [0.2, 0.25) is 11.7 Å². The average molecular weight is 464 g/mol. The van der Waals surface area contributed by atoms with Crippen LogP contribution in [0.1, 0.15) is 13.3 Å². The van der Waals surface area contributed by atoms with Crippen molar-refractivity contribution in [2.75, 3.05) is 38.6 Å². The largest absolute Gasteiger partial charge is 0.493 e. The van der Waals surface area contributed by atoms with Gasteiger partial charge in [0, 0.05) is 24.2 Å². The van der Waals surface area contributed by atoms with Crippen LogP contribution in [0, 0.1) is 0 Å². The predicted octanol–water partition coefficient (Wildman–Crippen LogP) is 2.23. The number of hydrogen-bond donors (Lipinski definition) is 2. The Bertz CT molecular complexity index is 1120. The number of anilines is 2. The van der Waals surface area contributed by atoms with E-state index >= 15 is 0 Å². The van der Waals surface area contributed by atoms with Crippen LogP contribution in [0.25, 0.3) is 0 Å². The smallest absolute Gasteiger partial charge is 0.262 e. The van der Waals surface area contributed by atoms with Crippen molar-refractivity contribution in [1.29, 1.82) is 0 Å². The molecule has 32 heavy (non-hydrogen) atoms. The van der Waals surface area contributed by atoms with Crippen LogP contribution in [-0.4, -0.2) is 53.4 Å². The van der Waals surface area contributed by atoms with Crippen LogP contribution in [0.15, 0.2) is 35.2 Å². The van der Waals surface area contributed by atoms with Gasteiger partial charge in [-0.05, 0) is 25.1 Å². The van der Waals surface area contributed by atoms with Gasteiger partial charge in [-0.25, -0.2) is 8.42 Å². The van der Waals surface area contributed by atoms with Crippen molar-refractivity contribution >= 4 is 33.0 Å². The van der Waals surface area contributed by atoms with E-state index in [1.165, 1.54) is 46.5 Å². The van der Waals surface area contributed by atoms with Crippen molar-refractivity contribution < 1.29 is 37.0 Å². The molecule has 1 aliphatic rings. The lowest BCUT2D eigenvalue weighted by Gasteiger charge is -2.20. The predicted molar refractivity (Wildman–Crippen MR) is 117 cm³/mol. The molecular formula is C21H24N2O8S. The molecule has 0 aliphatic carbocycles. The zero-order valence-corrected chi connectivity index (χ0v) is 18.9. The van der Waals surface area contributed by atoms with Crippen molar-refractivity contribution in [3.8, 4) is 23.0 Å². The molecule has 2 aromatic carbocycles. The minimum Gasteiger partial charge on any atom is -0.493 e. The summed E-state index contributed by atoms with van der Waals surface area (Å²) in [5, 5.41) is 4.21. The molecular weight excluding hydrogens is 440 g/mol. The molecule has 0 aromatic heterocycles. The molecule has 0 fully saturated rings. The standard InChI is InChI=1S/C21H24N2O8S/c1-12(32(26,27)14-5-6-16-15(10-14)23-20(25)11-31-16)7-19(24)22-13-8-17(28-2)21(30-4)18(9-13)29-3/h5-6,8-10,12H,7,11H2,1-4H3,(H,22,24)(H,23,25)/t12-/m0/s1. The van der Waals surface area contributed by atoms with Crippen LogP contribution >= 0.6 is 0 Å². The Hall–Kier alpha value is -3.47. The SMILES string of the molecule is COc1cc(NC(=O)C[C@H](C)S(=O)(=O)c2ccc3c(c2)NC(=O)CO3)cc(OC)c1OC. The Morgan fingerprint density at radius 1 is 1.12 bits per heavy atom. The summed E-state index contributed by atoms with van der Waals surface area (Å²) in [6.45, 7) is 1.31. The van der Waals surface area contributed by atoms with E-state index in [1.807, 2.05) is 0 Å². The zero-order valence-electron chi connectivity index (χ0n) is 18.1. The number of benzene rings is 2. The molecule has 1 atom stereocenters. The summed E-state index contributed by atoms with van der Waals surface area (Å²) >= 11 is 0. The van der Waals surface area contributed by atoms with E-state index in [4.69, 9.17) is 18.9 Å². The highest BCUT2D eigenvalue weighted by Crippen LogP contribution is 2.40. The molecule has 2 amide bonds. The second-order valence-electron chi connectivity index (χ2n) is 7.02. The highest BCUT2D eigenvalue weighted by atomic mass is 32.2. The Morgan fingerprint density at radius 2 is 1.78 bits per heavy atom. The number of nitrogens with one attached hydrogen (secondary N) is 2. The summed E-state index contributed by atoms with van der Waals surface area (Å²) < 4.78 is 47.0. The highest BCUT2D eigenvalue weighted by Gasteiger charge is 2.28. The van der Waals surface area contributed by atoms with Gasteiger partial charge in [-0.2, -0.15) is 0 Å². The summed E-state index contributed by atoms with van der Waals surface area (Å²) in [6, 6.07) is 7.29. The molecule has 2 N–H and O–H groups in total. The average Bonchev–Trinajstić information content (AvgIpc) is 2.77. The summed E-state index contributed by atoms with van der Waals surface area (Å²) in [5.41, 5.74) is 0.638. The molecule has 2 aromatic rings. The number of ether oxygens (including phenoxy) is 4. The first kappa shape index (κ1) is 23.2. The van der Waals surface area contributed by atoms with Crippen molar-refractivity contribution in [2.45, 2.75) is 23.5 Å². The second-order valence-corrected chi connectivity index (χ2v) is 9.38. The van der Waals surface area contributed by atoms with Gasteiger partial charge in [-0.15, -0.1) is 0 Å². The Balaban J connectivity index is 1.75. The first-order valence-corrected chi connectivity index (χ1v) is 11.1. The van der Waals surface area contributed by atoms with Gasteiger partial charge < -0.3 is 29.6 Å². The van der Waals surface area contributed by atoms with Crippen molar-refractivity contribution in [3.05, 3.63) is 30.3 Å². The van der Waals surface area contributed by atoms with Gasteiger partial charge in [-0.3, -0.25) is 9.59 Å². The summed E-state index contributed by atoms with van der Waals surface area (Å²) in [5.74, 6) is 0.570. The Labute approximate surface area is 185 Å². The van der Waals surface area contributed by atoms with Gasteiger partial charge in [0.25, 0.3) is 5.91 Å². The first-order valence-electron chi connectivity index (χ1n) is 9.60. The minimum absolute atomic E-state index is 0.0184. The van der Waals surface area contributed by atoms with Crippen LogP contribution in [-0.2, 0) is 19.4 Å². The van der Waals surface area contributed by atoms with Crippen LogP contribution < -0.4 is 29.6 Å². The minimum atomic E-state index is -3.85. The third-order valence-electron chi connectivity index (χ3n) is 4.86. The van der Waals surface area contributed by atoms with E-state index in [-0.39, 0.29) is 29.5 Å². The Kier molecular flexibility index (Phi) is 6.78. The quantitative estimate of drug-likeness (QED) is 0.609. The summed E-state index contributed by atoms with van der Waals surface area (Å²) in [6.07, 6.45) is -0.293. The maximum absolute atomic E-state index is 13.0. The highest BCUT2D eigenvalue weighted by molar-refractivity contribution is 7.92. The van der Waals surface area contributed by atoms with Gasteiger partial charge in [-0.1, -0.05) is 0 Å². The molecule has 0 bridgehead atoms. The number of methoxy groups -OCH3 is 3. The fourth-order valence-corrected chi connectivity index (χ4v) is 4.58. The first-order chi connectivity index (χ1) is 15.2. The number of carbonyl (C=O) groups is 2. The molecule has 3 rings (SSSR count). The fraction of sp³-hybridized carbons (Fsp3) is 0.333. The lowest BCUT2D eigenvalue weighted by atomic mass is 10.2. The van der Waals surface area contributed by atoms with Gasteiger partial charge >= 0.3 is 0 Å². The molecule has 172 valence electrons. The van der Waals surface area contributed by atoms with Crippen LogP contribution in [0.5, 0.6) is 23.0 Å². The number of carbonyl (C=O) groups excluding carboxylic acids is 2. The number of amides is 2. The fourth-order valence-electron chi connectivity index (χ4n) is 3.21. The molecule has 1 heterocycles. The number of hydrogen-bond acceptors (Lipinski definition) is 8. The van der Waals surface area contributed by atoms with Gasteiger partial charge in [0.15, 0.2) is 27.9 Å². The third-order valence-corrected chi connectivity index (χ3v) is 7.00.